The Bertz CT molecular complexity index is 312. The second-order valence-electron chi connectivity index (χ2n) is 7.44. The van der Waals surface area contributed by atoms with Gasteiger partial charge in [-0.15, -0.1) is 0 Å². The van der Waals surface area contributed by atoms with Crippen LogP contribution in [0.15, 0.2) is 0 Å². The number of carbonyl (C=O) groups excluding carboxylic acids is 1. The summed E-state index contributed by atoms with van der Waals surface area (Å²) in [4.78, 5) is 19.4. The summed E-state index contributed by atoms with van der Waals surface area (Å²) in [7, 11) is 0. The molecule has 1 N–H and O–H groups in total. The number of aliphatic hydroxyl groups excluding tert-OH is 1. The summed E-state index contributed by atoms with van der Waals surface area (Å²) in [6.07, 6.45) is 1.74. The van der Waals surface area contributed by atoms with Crippen molar-refractivity contribution < 1.29 is 9.90 Å². The van der Waals surface area contributed by atoms with Gasteiger partial charge in [-0.1, -0.05) is 13.8 Å². The quantitative estimate of drug-likeness (QED) is 0.819. The largest absolute Gasteiger partial charge is 0.392 e. The van der Waals surface area contributed by atoms with Gasteiger partial charge < -0.3 is 14.9 Å². The molecule has 5 nitrogen and oxygen atoms in total. The van der Waals surface area contributed by atoms with E-state index in [-0.39, 0.29) is 12.0 Å². The zero-order valence-electron chi connectivity index (χ0n) is 14.5. The van der Waals surface area contributed by atoms with E-state index in [0.717, 1.165) is 65.2 Å². The van der Waals surface area contributed by atoms with Crippen molar-refractivity contribution in [3.8, 4) is 0 Å². The molecule has 0 radical (unpaired) electrons. The smallest absolute Gasteiger partial charge is 0.225 e. The average molecular weight is 311 g/mol. The van der Waals surface area contributed by atoms with Crippen LogP contribution in [0.5, 0.6) is 0 Å². The first-order chi connectivity index (χ1) is 10.5. The Labute approximate surface area is 135 Å². The maximum atomic E-state index is 12.7. The number of aliphatic hydroxyl groups is 1. The molecule has 1 atom stereocenters. The lowest BCUT2D eigenvalue weighted by Gasteiger charge is -2.39. The minimum Gasteiger partial charge on any atom is -0.392 e. The molecule has 128 valence electrons. The van der Waals surface area contributed by atoms with E-state index in [0.29, 0.717) is 11.8 Å². The first-order valence-corrected chi connectivity index (χ1v) is 8.87. The predicted molar refractivity (Wildman–Crippen MR) is 88.7 cm³/mol. The third-order valence-electron chi connectivity index (χ3n) is 4.77. The van der Waals surface area contributed by atoms with Crippen molar-refractivity contribution in [3.05, 3.63) is 0 Å². The van der Waals surface area contributed by atoms with E-state index in [2.05, 4.69) is 23.6 Å². The molecule has 5 heteroatoms. The fraction of sp³-hybridized carbons (Fsp3) is 0.941. The highest BCUT2D eigenvalue weighted by Crippen LogP contribution is 2.21. The molecule has 0 unspecified atom stereocenters. The van der Waals surface area contributed by atoms with Crippen molar-refractivity contribution in [2.75, 3.05) is 52.4 Å². The maximum absolute atomic E-state index is 12.7. The van der Waals surface area contributed by atoms with Gasteiger partial charge in [-0.3, -0.25) is 9.69 Å². The second-order valence-corrected chi connectivity index (χ2v) is 7.44. The number of nitrogens with zero attached hydrogens (tertiary/aromatic N) is 3. The van der Waals surface area contributed by atoms with Crippen LogP contribution in [0.3, 0.4) is 0 Å². The lowest BCUT2D eigenvalue weighted by Crippen LogP contribution is -2.52. The zero-order valence-corrected chi connectivity index (χ0v) is 14.5. The first kappa shape index (κ1) is 17.7. The van der Waals surface area contributed by atoms with Crippen LogP contribution >= 0.6 is 0 Å². The van der Waals surface area contributed by atoms with E-state index in [1.807, 2.05) is 11.8 Å². The molecule has 0 aromatic heterocycles. The number of likely N-dealkylation sites (tertiary alicyclic amines) is 1. The van der Waals surface area contributed by atoms with Crippen LogP contribution in [0, 0.1) is 11.8 Å². The van der Waals surface area contributed by atoms with Crippen molar-refractivity contribution in [2.24, 2.45) is 11.8 Å². The molecule has 22 heavy (non-hydrogen) atoms. The molecule has 0 saturated carbocycles. The Morgan fingerprint density at radius 1 is 0.955 bits per heavy atom. The van der Waals surface area contributed by atoms with Crippen LogP contribution in [0.25, 0.3) is 0 Å². The molecule has 0 aliphatic carbocycles. The molecule has 0 bridgehead atoms. The van der Waals surface area contributed by atoms with Gasteiger partial charge in [0.2, 0.25) is 5.91 Å². The molecule has 2 aliphatic rings. The Morgan fingerprint density at radius 2 is 1.50 bits per heavy atom. The fourth-order valence-corrected chi connectivity index (χ4v) is 3.66. The van der Waals surface area contributed by atoms with Gasteiger partial charge in [0.1, 0.15) is 0 Å². The lowest BCUT2D eigenvalue weighted by molar-refractivity contribution is -0.139. The van der Waals surface area contributed by atoms with Crippen LogP contribution < -0.4 is 0 Å². The second kappa shape index (κ2) is 8.27. The molecule has 2 fully saturated rings. The van der Waals surface area contributed by atoms with E-state index in [1.165, 1.54) is 0 Å². The minimum absolute atomic E-state index is 0.228. The van der Waals surface area contributed by atoms with E-state index >= 15 is 0 Å². The number of piperazine rings is 1. The number of carbonyl (C=O) groups is 1. The number of hydrogen-bond donors (Lipinski definition) is 1. The highest BCUT2D eigenvalue weighted by atomic mass is 16.3. The number of piperidine rings is 1. The van der Waals surface area contributed by atoms with Gasteiger partial charge in [0.05, 0.1) is 6.10 Å². The summed E-state index contributed by atoms with van der Waals surface area (Å²) in [5, 5.41) is 9.44. The molecule has 2 rings (SSSR count). The molecular weight excluding hydrogens is 278 g/mol. The van der Waals surface area contributed by atoms with Gasteiger partial charge in [-0.25, -0.2) is 0 Å². The standard InChI is InChI=1S/C17H33N3O2/c1-14(2)12-18-6-4-16(5-7-18)17(22)20-10-8-19(9-11-20)13-15(3)21/h14-16,21H,4-13H2,1-3H3/t15-/m1/s1. The Kier molecular flexibility index (Phi) is 6.66. The minimum atomic E-state index is -0.285. The highest BCUT2D eigenvalue weighted by Gasteiger charge is 2.30. The fourth-order valence-electron chi connectivity index (χ4n) is 3.66. The van der Waals surface area contributed by atoms with Gasteiger partial charge in [0, 0.05) is 45.2 Å². The van der Waals surface area contributed by atoms with Crippen molar-refractivity contribution in [1.29, 1.82) is 0 Å². The summed E-state index contributed by atoms with van der Waals surface area (Å²) in [5.74, 6) is 1.29. The number of amides is 1. The topological polar surface area (TPSA) is 47.0 Å². The van der Waals surface area contributed by atoms with E-state index in [4.69, 9.17) is 0 Å². The van der Waals surface area contributed by atoms with Gasteiger partial charge in [-0.2, -0.15) is 0 Å². The molecule has 2 saturated heterocycles. The average Bonchev–Trinajstić information content (AvgIpc) is 2.47. The summed E-state index contributed by atoms with van der Waals surface area (Å²) in [6, 6.07) is 0. The molecule has 0 aromatic rings. The third kappa shape index (κ3) is 5.21. The van der Waals surface area contributed by atoms with E-state index < -0.39 is 0 Å². The van der Waals surface area contributed by atoms with Gasteiger partial charge >= 0.3 is 0 Å². The first-order valence-electron chi connectivity index (χ1n) is 8.87. The van der Waals surface area contributed by atoms with Crippen LogP contribution in [-0.2, 0) is 4.79 Å². The Balaban J connectivity index is 1.72. The summed E-state index contributed by atoms with van der Waals surface area (Å²) < 4.78 is 0. The molecular formula is C17H33N3O2. The molecule has 1 amide bonds. The number of hydrogen-bond acceptors (Lipinski definition) is 4. The molecule has 2 heterocycles. The Hall–Kier alpha value is -0.650. The zero-order chi connectivity index (χ0) is 16.1. The summed E-state index contributed by atoms with van der Waals surface area (Å²) in [5.41, 5.74) is 0. The van der Waals surface area contributed by atoms with Crippen LogP contribution in [0.2, 0.25) is 0 Å². The third-order valence-corrected chi connectivity index (χ3v) is 4.77. The van der Waals surface area contributed by atoms with Gasteiger partial charge in [0.15, 0.2) is 0 Å². The van der Waals surface area contributed by atoms with Crippen LogP contribution in [0.1, 0.15) is 33.6 Å². The lowest BCUT2D eigenvalue weighted by atomic mass is 9.94. The van der Waals surface area contributed by atoms with Crippen molar-refractivity contribution in [1.82, 2.24) is 14.7 Å². The SMILES string of the molecule is CC(C)CN1CCC(C(=O)N2CCN(C[C@@H](C)O)CC2)CC1. The van der Waals surface area contributed by atoms with Crippen molar-refractivity contribution >= 4 is 5.91 Å². The van der Waals surface area contributed by atoms with Crippen molar-refractivity contribution in [3.63, 3.8) is 0 Å². The monoisotopic (exact) mass is 311 g/mol. The number of β-amino-alcohol motifs (C(OH)–C–C–N with tert-alkyl or cyclic N) is 1. The molecule has 2 aliphatic heterocycles. The summed E-state index contributed by atoms with van der Waals surface area (Å²) in [6.45, 7) is 13.7. The normalized spacial score (nSPS) is 24.0. The maximum Gasteiger partial charge on any atom is 0.225 e. The van der Waals surface area contributed by atoms with Crippen LogP contribution in [0.4, 0.5) is 0 Å². The van der Waals surface area contributed by atoms with Crippen molar-refractivity contribution in [2.45, 2.75) is 39.7 Å². The van der Waals surface area contributed by atoms with E-state index in [1.54, 1.807) is 0 Å². The van der Waals surface area contributed by atoms with Crippen LogP contribution in [-0.4, -0.2) is 84.2 Å². The highest BCUT2D eigenvalue weighted by molar-refractivity contribution is 5.79. The van der Waals surface area contributed by atoms with Gasteiger partial charge in [0.25, 0.3) is 0 Å². The van der Waals surface area contributed by atoms with E-state index in [9.17, 15) is 9.90 Å². The number of rotatable bonds is 5. The predicted octanol–water partition coefficient (Wildman–Crippen LogP) is 0.879. The molecule has 0 aromatic carbocycles. The Morgan fingerprint density at radius 3 is 2.00 bits per heavy atom. The molecule has 0 spiro atoms. The van der Waals surface area contributed by atoms with Gasteiger partial charge in [-0.05, 0) is 38.8 Å². The summed E-state index contributed by atoms with van der Waals surface area (Å²) >= 11 is 0.